The average Bonchev–Trinajstić information content (AvgIpc) is 2.57. The lowest BCUT2D eigenvalue weighted by atomic mass is 10.2. The van der Waals surface area contributed by atoms with Gasteiger partial charge in [-0.2, -0.15) is 0 Å². The fourth-order valence-electron chi connectivity index (χ4n) is 2.75. The van der Waals surface area contributed by atoms with Gasteiger partial charge in [0.05, 0.1) is 0 Å². The van der Waals surface area contributed by atoms with E-state index in [1.54, 1.807) is 12.1 Å². The standard InChI is InChI=1S/C19H22N2O/c22-19-10-8-18(9-11-19)21-15-13-20(14-16-21)12-4-7-17-5-2-1-3-6-17/h1-11,22H,12-16H2/b7-4+. The Bertz CT molecular complexity index is 599. The van der Waals surface area contributed by atoms with E-state index in [0.29, 0.717) is 5.75 Å². The van der Waals surface area contributed by atoms with Crippen molar-refractivity contribution in [3.63, 3.8) is 0 Å². The SMILES string of the molecule is Oc1ccc(N2CCN(C/C=C/c3ccccc3)CC2)cc1. The van der Waals surface area contributed by atoms with Crippen LogP contribution < -0.4 is 4.90 Å². The molecule has 1 aliphatic heterocycles. The number of benzene rings is 2. The Balaban J connectivity index is 1.47. The summed E-state index contributed by atoms with van der Waals surface area (Å²) in [5, 5.41) is 9.35. The lowest BCUT2D eigenvalue weighted by Crippen LogP contribution is -2.46. The molecule has 0 unspecified atom stereocenters. The van der Waals surface area contributed by atoms with Gasteiger partial charge in [-0.3, -0.25) is 4.90 Å². The maximum atomic E-state index is 9.35. The van der Waals surface area contributed by atoms with Crippen molar-refractivity contribution < 1.29 is 5.11 Å². The van der Waals surface area contributed by atoms with Gasteiger partial charge in [-0.05, 0) is 29.8 Å². The molecule has 0 aliphatic carbocycles. The Kier molecular flexibility index (Phi) is 4.76. The third-order valence-corrected chi connectivity index (χ3v) is 4.06. The van der Waals surface area contributed by atoms with Crippen molar-refractivity contribution in [2.75, 3.05) is 37.6 Å². The van der Waals surface area contributed by atoms with Crippen molar-refractivity contribution in [1.82, 2.24) is 4.90 Å². The Labute approximate surface area is 132 Å². The summed E-state index contributed by atoms with van der Waals surface area (Å²) in [7, 11) is 0. The van der Waals surface area contributed by atoms with E-state index in [1.165, 1.54) is 11.3 Å². The quantitative estimate of drug-likeness (QED) is 0.938. The molecule has 1 heterocycles. The van der Waals surface area contributed by atoms with Crippen molar-refractivity contribution >= 4 is 11.8 Å². The van der Waals surface area contributed by atoms with Gasteiger partial charge >= 0.3 is 0 Å². The molecule has 2 aromatic carbocycles. The predicted octanol–water partition coefficient (Wildman–Crippen LogP) is 3.23. The normalized spacial score (nSPS) is 16.3. The lowest BCUT2D eigenvalue weighted by Gasteiger charge is -2.35. The van der Waals surface area contributed by atoms with Crippen LogP contribution in [0.2, 0.25) is 0 Å². The largest absolute Gasteiger partial charge is 0.508 e. The molecule has 22 heavy (non-hydrogen) atoms. The van der Waals surface area contributed by atoms with E-state index in [1.807, 2.05) is 18.2 Å². The predicted molar refractivity (Wildman–Crippen MR) is 92.2 cm³/mol. The minimum atomic E-state index is 0.327. The van der Waals surface area contributed by atoms with Crippen LogP contribution in [0.3, 0.4) is 0 Å². The highest BCUT2D eigenvalue weighted by atomic mass is 16.3. The topological polar surface area (TPSA) is 26.7 Å². The van der Waals surface area contributed by atoms with E-state index in [0.717, 1.165) is 32.7 Å². The second-order valence-electron chi connectivity index (χ2n) is 5.62. The summed E-state index contributed by atoms with van der Waals surface area (Å²) in [6.07, 6.45) is 4.43. The molecule has 3 heteroatoms. The van der Waals surface area contributed by atoms with Crippen LogP contribution in [-0.2, 0) is 0 Å². The van der Waals surface area contributed by atoms with Gasteiger partial charge in [-0.15, -0.1) is 0 Å². The maximum absolute atomic E-state index is 9.35. The van der Waals surface area contributed by atoms with E-state index < -0.39 is 0 Å². The zero-order valence-corrected chi connectivity index (χ0v) is 12.7. The highest BCUT2D eigenvalue weighted by Gasteiger charge is 2.15. The number of rotatable bonds is 4. The molecule has 1 aliphatic rings. The van der Waals surface area contributed by atoms with Crippen LogP contribution in [0.5, 0.6) is 5.75 Å². The average molecular weight is 294 g/mol. The number of piperazine rings is 1. The lowest BCUT2D eigenvalue weighted by molar-refractivity contribution is 0.284. The van der Waals surface area contributed by atoms with Gasteiger partial charge in [0.1, 0.15) is 5.75 Å². The zero-order valence-electron chi connectivity index (χ0n) is 12.7. The Morgan fingerprint density at radius 2 is 1.55 bits per heavy atom. The first-order valence-electron chi connectivity index (χ1n) is 7.79. The molecular weight excluding hydrogens is 272 g/mol. The van der Waals surface area contributed by atoms with Crippen LogP contribution in [0.1, 0.15) is 5.56 Å². The molecule has 0 saturated carbocycles. The minimum absolute atomic E-state index is 0.327. The van der Waals surface area contributed by atoms with Crippen LogP contribution in [0, 0.1) is 0 Å². The molecule has 0 radical (unpaired) electrons. The van der Waals surface area contributed by atoms with Gasteiger partial charge in [-0.25, -0.2) is 0 Å². The second-order valence-corrected chi connectivity index (χ2v) is 5.62. The molecule has 0 aromatic heterocycles. The third kappa shape index (κ3) is 3.89. The molecule has 0 spiro atoms. The van der Waals surface area contributed by atoms with Crippen LogP contribution in [0.25, 0.3) is 6.08 Å². The van der Waals surface area contributed by atoms with E-state index in [9.17, 15) is 5.11 Å². The van der Waals surface area contributed by atoms with Crippen LogP contribution >= 0.6 is 0 Å². The first-order valence-corrected chi connectivity index (χ1v) is 7.79. The number of phenols is 1. The molecular formula is C19H22N2O. The summed E-state index contributed by atoms with van der Waals surface area (Å²) in [4.78, 5) is 4.84. The number of anilines is 1. The monoisotopic (exact) mass is 294 g/mol. The van der Waals surface area contributed by atoms with Gasteiger partial charge in [0.15, 0.2) is 0 Å². The van der Waals surface area contributed by atoms with E-state index >= 15 is 0 Å². The molecule has 0 atom stereocenters. The molecule has 3 rings (SSSR count). The Morgan fingerprint density at radius 1 is 0.864 bits per heavy atom. The maximum Gasteiger partial charge on any atom is 0.115 e. The highest BCUT2D eigenvalue weighted by molar-refractivity contribution is 5.50. The number of hydrogen-bond donors (Lipinski definition) is 1. The van der Waals surface area contributed by atoms with Crippen LogP contribution in [-0.4, -0.2) is 42.7 Å². The first kappa shape index (κ1) is 14.7. The van der Waals surface area contributed by atoms with Crippen molar-refractivity contribution in [3.8, 4) is 5.75 Å². The summed E-state index contributed by atoms with van der Waals surface area (Å²) in [6.45, 7) is 5.20. The molecule has 1 saturated heterocycles. The molecule has 0 amide bonds. The van der Waals surface area contributed by atoms with Crippen molar-refractivity contribution in [1.29, 1.82) is 0 Å². The number of hydrogen-bond acceptors (Lipinski definition) is 3. The van der Waals surface area contributed by atoms with E-state index in [2.05, 4.69) is 46.2 Å². The molecule has 114 valence electrons. The highest BCUT2D eigenvalue weighted by Crippen LogP contribution is 2.19. The third-order valence-electron chi connectivity index (χ3n) is 4.06. The van der Waals surface area contributed by atoms with Crippen molar-refractivity contribution in [2.24, 2.45) is 0 Å². The number of phenolic OH excluding ortho intramolecular Hbond substituents is 1. The summed E-state index contributed by atoms with van der Waals surface area (Å²) in [5.41, 5.74) is 2.45. The fourth-order valence-corrected chi connectivity index (χ4v) is 2.75. The van der Waals surface area contributed by atoms with Crippen molar-refractivity contribution in [2.45, 2.75) is 0 Å². The summed E-state index contributed by atoms with van der Waals surface area (Å²) < 4.78 is 0. The molecule has 1 fully saturated rings. The van der Waals surface area contributed by atoms with Crippen LogP contribution in [0.4, 0.5) is 5.69 Å². The molecule has 3 nitrogen and oxygen atoms in total. The Morgan fingerprint density at radius 3 is 2.23 bits per heavy atom. The first-order chi connectivity index (χ1) is 10.8. The van der Waals surface area contributed by atoms with E-state index in [-0.39, 0.29) is 0 Å². The van der Waals surface area contributed by atoms with Gasteiger partial charge in [0.25, 0.3) is 0 Å². The Hall–Kier alpha value is -2.26. The smallest absolute Gasteiger partial charge is 0.115 e. The van der Waals surface area contributed by atoms with Crippen LogP contribution in [0.15, 0.2) is 60.7 Å². The van der Waals surface area contributed by atoms with Gasteiger partial charge in [-0.1, -0.05) is 42.5 Å². The van der Waals surface area contributed by atoms with Gasteiger partial charge in [0.2, 0.25) is 0 Å². The minimum Gasteiger partial charge on any atom is -0.508 e. The van der Waals surface area contributed by atoms with E-state index in [4.69, 9.17) is 0 Å². The number of nitrogens with zero attached hydrogens (tertiary/aromatic N) is 2. The fraction of sp³-hybridized carbons (Fsp3) is 0.263. The summed E-state index contributed by atoms with van der Waals surface area (Å²) in [6, 6.07) is 17.9. The number of aromatic hydroxyl groups is 1. The van der Waals surface area contributed by atoms with Gasteiger partial charge < -0.3 is 10.0 Å². The molecule has 1 N–H and O–H groups in total. The summed E-state index contributed by atoms with van der Waals surface area (Å²) in [5.74, 6) is 0.327. The summed E-state index contributed by atoms with van der Waals surface area (Å²) >= 11 is 0. The van der Waals surface area contributed by atoms with Crippen molar-refractivity contribution in [3.05, 3.63) is 66.2 Å². The molecule has 2 aromatic rings. The second kappa shape index (κ2) is 7.14. The van der Waals surface area contributed by atoms with Gasteiger partial charge in [0, 0.05) is 38.4 Å². The zero-order chi connectivity index (χ0) is 15.2. The molecule has 0 bridgehead atoms.